The molecule has 0 saturated carbocycles. The highest BCUT2D eigenvalue weighted by atomic mass is 19.1. The molecule has 29 heavy (non-hydrogen) atoms. The summed E-state index contributed by atoms with van der Waals surface area (Å²) in [5, 5.41) is 0. The highest BCUT2D eigenvalue weighted by Crippen LogP contribution is 2.35. The largest absolute Gasteiger partial charge is 0.370 e. The number of piperidine rings is 1. The number of likely N-dealkylation sites (tertiary alicyclic amines) is 1. The second kappa shape index (κ2) is 7.55. The van der Waals surface area contributed by atoms with E-state index in [2.05, 4.69) is 9.55 Å². The molecule has 2 aromatic heterocycles. The van der Waals surface area contributed by atoms with E-state index in [-0.39, 0.29) is 23.9 Å². The van der Waals surface area contributed by atoms with Gasteiger partial charge in [-0.3, -0.25) is 4.79 Å². The van der Waals surface area contributed by atoms with Crippen molar-refractivity contribution in [2.24, 2.45) is 0 Å². The molecular formula is C22H23FN4O2. The summed E-state index contributed by atoms with van der Waals surface area (Å²) >= 11 is 0. The molecule has 1 amide bonds. The SMILES string of the molecule is O=C(c1cccc(F)c1)N1CCC(n2c(C3CCCO3)nc3cccnc32)CC1. The monoisotopic (exact) mass is 394 g/mol. The zero-order valence-electron chi connectivity index (χ0n) is 16.1. The van der Waals surface area contributed by atoms with Crippen LogP contribution in [0.2, 0.25) is 0 Å². The van der Waals surface area contributed by atoms with Crippen LogP contribution < -0.4 is 0 Å². The van der Waals surface area contributed by atoms with Crippen LogP contribution in [0.25, 0.3) is 11.2 Å². The summed E-state index contributed by atoms with van der Waals surface area (Å²) in [6, 6.07) is 10.0. The Morgan fingerprint density at radius 2 is 2.00 bits per heavy atom. The molecule has 2 saturated heterocycles. The fraction of sp³-hybridized carbons (Fsp3) is 0.409. The van der Waals surface area contributed by atoms with E-state index >= 15 is 0 Å². The third kappa shape index (κ3) is 3.40. The van der Waals surface area contributed by atoms with Crippen molar-refractivity contribution >= 4 is 17.1 Å². The fourth-order valence-corrected chi connectivity index (χ4v) is 4.45. The summed E-state index contributed by atoms with van der Waals surface area (Å²) in [5.74, 6) is 0.449. The zero-order chi connectivity index (χ0) is 19.8. The van der Waals surface area contributed by atoms with Gasteiger partial charge in [0.15, 0.2) is 5.65 Å². The summed E-state index contributed by atoms with van der Waals surface area (Å²) in [4.78, 5) is 24.0. The number of hydrogen-bond donors (Lipinski definition) is 0. The molecular weight excluding hydrogens is 371 g/mol. The number of benzene rings is 1. The minimum absolute atomic E-state index is 0.0103. The number of carbonyl (C=O) groups is 1. The van der Waals surface area contributed by atoms with Crippen molar-refractivity contribution < 1.29 is 13.9 Å². The van der Waals surface area contributed by atoms with E-state index in [1.165, 1.54) is 12.1 Å². The van der Waals surface area contributed by atoms with Gasteiger partial charge in [-0.1, -0.05) is 6.07 Å². The van der Waals surface area contributed by atoms with Gasteiger partial charge in [-0.25, -0.2) is 14.4 Å². The summed E-state index contributed by atoms with van der Waals surface area (Å²) in [7, 11) is 0. The van der Waals surface area contributed by atoms with Crippen LogP contribution in [0, 0.1) is 5.82 Å². The number of imidazole rings is 1. The predicted molar refractivity (Wildman–Crippen MR) is 106 cm³/mol. The number of carbonyl (C=O) groups excluding carboxylic acids is 1. The number of aromatic nitrogens is 3. The van der Waals surface area contributed by atoms with Crippen molar-refractivity contribution in [1.29, 1.82) is 0 Å². The summed E-state index contributed by atoms with van der Waals surface area (Å²) < 4.78 is 21.6. The molecule has 0 N–H and O–H groups in total. The Bertz CT molecular complexity index is 1040. The third-order valence-electron chi connectivity index (χ3n) is 5.88. The van der Waals surface area contributed by atoms with E-state index < -0.39 is 0 Å². The van der Waals surface area contributed by atoms with E-state index in [0.717, 1.165) is 49.3 Å². The van der Waals surface area contributed by atoms with Crippen molar-refractivity contribution in [2.75, 3.05) is 19.7 Å². The van der Waals surface area contributed by atoms with E-state index in [4.69, 9.17) is 9.72 Å². The lowest BCUT2D eigenvalue weighted by Crippen LogP contribution is -2.39. The molecule has 1 aromatic carbocycles. The molecule has 5 rings (SSSR count). The lowest BCUT2D eigenvalue weighted by atomic mass is 10.0. The van der Waals surface area contributed by atoms with Gasteiger partial charge in [0, 0.05) is 37.5 Å². The Morgan fingerprint density at radius 3 is 2.76 bits per heavy atom. The molecule has 2 aliphatic rings. The molecule has 0 spiro atoms. The fourth-order valence-electron chi connectivity index (χ4n) is 4.45. The van der Waals surface area contributed by atoms with E-state index in [0.29, 0.717) is 18.7 Å². The van der Waals surface area contributed by atoms with Crippen LogP contribution in [0.15, 0.2) is 42.6 Å². The second-order valence-corrected chi connectivity index (χ2v) is 7.72. The number of fused-ring (bicyclic) bond motifs is 1. The van der Waals surface area contributed by atoms with Crippen LogP contribution in [0.3, 0.4) is 0 Å². The maximum atomic E-state index is 13.5. The normalized spacial score (nSPS) is 20.4. The lowest BCUT2D eigenvalue weighted by molar-refractivity contribution is 0.0681. The van der Waals surface area contributed by atoms with Gasteiger partial charge in [-0.15, -0.1) is 0 Å². The first kappa shape index (κ1) is 18.2. The molecule has 1 unspecified atom stereocenters. The van der Waals surface area contributed by atoms with Crippen molar-refractivity contribution in [3.8, 4) is 0 Å². The lowest BCUT2D eigenvalue weighted by Gasteiger charge is -2.34. The number of halogens is 1. The van der Waals surface area contributed by atoms with E-state index in [1.807, 2.05) is 17.0 Å². The minimum Gasteiger partial charge on any atom is -0.370 e. The number of rotatable bonds is 3. The van der Waals surface area contributed by atoms with Gasteiger partial charge in [0.25, 0.3) is 5.91 Å². The van der Waals surface area contributed by atoms with Crippen molar-refractivity contribution in [1.82, 2.24) is 19.4 Å². The van der Waals surface area contributed by atoms with E-state index in [1.54, 1.807) is 18.3 Å². The van der Waals surface area contributed by atoms with E-state index in [9.17, 15) is 9.18 Å². The summed E-state index contributed by atoms with van der Waals surface area (Å²) in [6.07, 6.45) is 5.44. The smallest absolute Gasteiger partial charge is 0.253 e. The van der Waals surface area contributed by atoms with Crippen molar-refractivity contribution in [3.63, 3.8) is 0 Å². The molecule has 3 aromatic rings. The van der Waals surface area contributed by atoms with Gasteiger partial charge in [0.2, 0.25) is 0 Å². The molecule has 0 radical (unpaired) electrons. The number of ether oxygens (including phenoxy) is 1. The first-order valence-corrected chi connectivity index (χ1v) is 10.2. The van der Waals surface area contributed by atoms with Gasteiger partial charge in [0.1, 0.15) is 23.3 Å². The Labute approximate surface area is 168 Å². The van der Waals surface area contributed by atoms with Gasteiger partial charge in [-0.05, 0) is 56.0 Å². The highest BCUT2D eigenvalue weighted by molar-refractivity contribution is 5.94. The first-order valence-electron chi connectivity index (χ1n) is 10.2. The molecule has 7 heteroatoms. The molecule has 0 aliphatic carbocycles. The Balaban J connectivity index is 1.39. The van der Waals surface area contributed by atoms with Crippen LogP contribution in [0.4, 0.5) is 4.39 Å². The highest BCUT2D eigenvalue weighted by Gasteiger charge is 2.31. The Morgan fingerprint density at radius 1 is 1.14 bits per heavy atom. The average molecular weight is 394 g/mol. The van der Waals surface area contributed by atoms with Crippen LogP contribution >= 0.6 is 0 Å². The maximum absolute atomic E-state index is 13.5. The second-order valence-electron chi connectivity index (χ2n) is 7.72. The van der Waals surface area contributed by atoms with Crippen LogP contribution in [-0.4, -0.2) is 45.0 Å². The molecule has 2 aliphatic heterocycles. The Hall–Kier alpha value is -2.80. The predicted octanol–water partition coefficient (Wildman–Crippen LogP) is 3.90. The maximum Gasteiger partial charge on any atom is 0.253 e. The van der Waals surface area contributed by atoms with Gasteiger partial charge in [-0.2, -0.15) is 0 Å². The quantitative estimate of drug-likeness (QED) is 0.676. The first-order chi connectivity index (χ1) is 14.2. The van der Waals surface area contributed by atoms with Crippen molar-refractivity contribution in [3.05, 3.63) is 59.8 Å². The van der Waals surface area contributed by atoms with Gasteiger partial charge >= 0.3 is 0 Å². The topological polar surface area (TPSA) is 60.2 Å². The Kier molecular flexibility index (Phi) is 4.75. The molecule has 150 valence electrons. The van der Waals surface area contributed by atoms with Crippen LogP contribution in [0.1, 0.15) is 54.0 Å². The number of nitrogens with zero attached hydrogens (tertiary/aromatic N) is 4. The molecule has 4 heterocycles. The average Bonchev–Trinajstić information content (AvgIpc) is 3.41. The number of pyridine rings is 1. The zero-order valence-corrected chi connectivity index (χ0v) is 16.1. The van der Waals surface area contributed by atoms with Crippen LogP contribution in [0.5, 0.6) is 0 Å². The third-order valence-corrected chi connectivity index (χ3v) is 5.88. The molecule has 0 bridgehead atoms. The number of hydrogen-bond acceptors (Lipinski definition) is 4. The van der Waals surface area contributed by atoms with Crippen LogP contribution in [-0.2, 0) is 4.74 Å². The summed E-state index contributed by atoms with van der Waals surface area (Å²) in [5.41, 5.74) is 2.17. The molecule has 2 fully saturated rings. The van der Waals surface area contributed by atoms with Crippen molar-refractivity contribution in [2.45, 2.75) is 37.8 Å². The minimum atomic E-state index is -0.386. The molecule has 1 atom stereocenters. The summed E-state index contributed by atoms with van der Waals surface area (Å²) in [6.45, 7) is 2.01. The van der Waals surface area contributed by atoms with Gasteiger partial charge in [0.05, 0.1) is 0 Å². The van der Waals surface area contributed by atoms with Gasteiger partial charge < -0.3 is 14.2 Å². The standard InChI is InChI=1S/C22H23FN4O2/c23-16-5-1-4-15(14-16)22(28)26-11-8-17(9-12-26)27-20-18(6-2-10-24-20)25-21(27)19-7-3-13-29-19/h1-2,4-6,10,14,17,19H,3,7-9,11-13H2. The molecule has 6 nitrogen and oxygen atoms in total. The number of amides is 1.